The van der Waals surface area contributed by atoms with E-state index in [4.69, 9.17) is 4.42 Å². The van der Waals surface area contributed by atoms with E-state index < -0.39 is 12.8 Å². The number of alkyl halides is 3. The third-order valence-electron chi connectivity index (χ3n) is 2.56. The molecule has 0 atom stereocenters. The van der Waals surface area contributed by atoms with Crippen LogP contribution in [0.2, 0.25) is 0 Å². The Morgan fingerprint density at radius 1 is 1.25 bits per heavy atom. The Morgan fingerprint density at radius 3 is 2.55 bits per heavy atom. The van der Waals surface area contributed by atoms with Crippen LogP contribution in [-0.4, -0.2) is 19.1 Å². The molecule has 0 unspecified atom stereocenters. The van der Waals surface area contributed by atoms with E-state index >= 15 is 0 Å². The summed E-state index contributed by atoms with van der Waals surface area (Å²) >= 11 is 0. The van der Waals surface area contributed by atoms with E-state index in [9.17, 15) is 18.0 Å². The quantitative estimate of drug-likeness (QED) is 0.796. The van der Waals surface area contributed by atoms with Gasteiger partial charge in [-0.1, -0.05) is 6.07 Å². The summed E-state index contributed by atoms with van der Waals surface area (Å²) in [6.45, 7) is 0.304. The van der Waals surface area contributed by atoms with Crippen molar-refractivity contribution in [3.63, 3.8) is 0 Å². The van der Waals surface area contributed by atoms with Crippen molar-refractivity contribution in [2.24, 2.45) is 0 Å². The highest BCUT2D eigenvalue weighted by Gasteiger charge is 2.29. The second-order valence-corrected chi connectivity index (χ2v) is 4.18. The van der Waals surface area contributed by atoms with Crippen molar-refractivity contribution in [3.05, 3.63) is 41.7 Å². The molecule has 0 N–H and O–H groups in total. The molecule has 0 saturated heterocycles. The summed E-state index contributed by atoms with van der Waals surface area (Å²) < 4.78 is 46.6. The molecule has 0 radical (unpaired) electrons. The zero-order chi connectivity index (χ0) is 14.8. The van der Waals surface area contributed by atoms with Crippen LogP contribution in [0.25, 0.3) is 11.3 Å². The Morgan fingerprint density at radius 2 is 2.00 bits per heavy atom. The number of carbonyl (C=O) groups excluding carboxylic acids is 1. The van der Waals surface area contributed by atoms with Crippen LogP contribution >= 0.6 is 0 Å². The van der Waals surface area contributed by atoms with Gasteiger partial charge >= 0.3 is 6.18 Å². The molecule has 106 valence electrons. The average molecular weight is 284 g/mol. The molecule has 0 fully saturated rings. The zero-order valence-corrected chi connectivity index (χ0v) is 10.5. The van der Waals surface area contributed by atoms with Gasteiger partial charge in [0, 0.05) is 5.56 Å². The highest BCUT2D eigenvalue weighted by atomic mass is 19.4. The van der Waals surface area contributed by atoms with Crippen molar-refractivity contribution in [3.8, 4) is 17.1 Å². The summed E-state index contributed by atoms with van der Waals surface area (Å²) in [5.74, 6) is 1.05. The molecule has 0 amide bonds. The van der Waals surface area contributed by atoms with E-state index in [1.807, 2.05) is 0 Å². The molecule has 20 heavy (non-hydrogen) atoms. The van der Waals surface area contributed by atoms with Gasteiger partial charge in [-0.05, 0) is 31.2 Å². The number of furan rings is 1. The number of hydrogen-bond acceptors (Lipinski definition) is 3. The molecule has 0 aliphatic heterocycles. The summed E-state index contributed by atoms with van der Waals surface area (Å²) in [7, 11) is 0. The van der Waals surface area contributed by atoms with E-state index in [2.05, 4.69) is 4.74 Å². The fourth-order valence-electron chi connectivity index (χ4n) is 1.66. The molecule has 1 heterocycles. The van der Waals surface area contributed by atoms with Gasteiger partial charge in [-0.15, -0.1) is 0 Å². The molecule has 0 saturated carbocycles. The minimum atomic E-state index is -4.46. The maximum atomic E-state index is 12.2. The second-order valence-electron chi connectivity index (χ2n) is 4.18. The maximum Gasteiger partial charge on any atom is 0.422 e. The lowest BCUT2D eigenvalue weighted by molar-refractivity contribution is -0.153. The number of halogens is 3. The van der Waals surface area contributed by atoms with Gasteiger partial charge in [0.1, 0.15) is 17.3 Å². The predicted molar refractivity (Wildman–Crippen MR) is 65.8 cm³/mol. The summed E-state index contributed by atoms with van der Waals surface area (Å²) in [6.07, 6.45) is -4.01. The standard InChI is InChI=1S/C14H11F3O3/c1-9-2-5-12(20-9)10-3-4-11(7-18)13(6-10)19-8-14(15,16)17/h2-7H,8H2,1H3. The monoisotopic (exact) mass is 284 g/mol. The topological polar surface area (TPSA) is 39.4 Å². The van der Waals surface area contributed by atoms with Crippen molar-refractivity contribution in [2.75, 3.05) is 6.61 Å². The second kappa shape index (κ2) is 5.40. The number of carbonyl (C=O) groups is 1. The lowest BCUT2D eigenvalue weighted by Crippen LogP contribution is -2.19. The highest BCUT2D eigenvalue weighted by molar-refractivity contribution is 5.81. The van der Waals surface area contributed by atoms with Gasteiger partial charge in [-0.2, -0.15) is 13.2 Å². The molecule has 2 aromatic rings. The summed E-state index contributed by atoms with van der Waals surface area (Å²) in [5, 5.41) is 0. The normalized spacial score (nSPS) is 11.4. The lowest BCUT2D eigenvalue weighted by Gasteiger charge is -2.11. The van der Waals surface area contributed by atoms with Gasteiger partial charge in [-0.3, -0.25) is 4.79 Å². The van der Waals surface area contributed by atoms with E-state index in [1.54, 1.807) is 25.1 Å². The summed E-state index contributed by atoms with van der Waals surface area (Å²) in [6, 6.07) is 7.76. The van der Waals surface area contributed by atoms with Crippen LogP contribution < -0.4 is 4.74 Å². The number of benzene rings is 1. The molecule has 0 aliphatic carbocycles. The number of aryl methyl sites for hydroxylation is 1. The van der Waals surface area contributed by atoms with Crippen LogP contribution in [-0.2, 0) is 0 Å². The molecule has 3 nitrogen and oxygen atoms in total. The van der Waals surface area contributed by atoms with Crippen molar-refractivity contribution >= 4 is 6.29 Å². The third-order valence-corrected chi connectivity index (χ3v) is 2.56. The first-order chi connectivity index (χ1) is 9.39. The number of hydrogen-bond donors (Lipinski definition) is 0. The largest absolute Gasteiger partial charge is 0.483 e. The average Bonchev–Trinajstić information content (AvgIpc) is 2.82. The minimum absolute atomic E-state index is 0.0567. The van der Waals surface area contributed by atoms with E-state index in [1.165, 1.54) is 12.1 Å². The van der Waals surface area contributed by atoms with Crippen LogP contribution in [0.15, 0.2) is 34.7 Å². The predicted octanol–water partition coefficient (Wildman–Crippen LogP) is 4.01. The van der Waals surface area contributed by atoms with Crippen LogP contribution in [0, 0.1) is 6.92 Å². The molecule has 1 aromatic carbocycles. The Balaban J connectivity index is 2.31. The van der Waals surface area contributed by atoms with Crippen LogP contribution in [0.4, 0.5) is 13.2 Å². The first-order valence-electron chi connectivity index (χ1n) is 5.74. The molecule has 1 aromatic heterocycles. The molecular weight excluding hydrogens is 273 g/mol. The van der Waals surface area contributed by atoms with Gasteiger partial charge in [0.05, 0.1) is 5.56 Å². The van der Waals surface area contributed by atoms with Crippen molar-refractivity contribution in [1.29, 1.82) is 0 Å². The molecule has 0 bridgehead atoms. The van der Waals surface area contributed by atoms with Crippen molar-refractivity contribution < 1.29 is 27.1 Å². The van der Waals surface area contributed by atoms with Crippen LogP contribution in [0.1, 0.15) is 16.1 Å². The number of rotatable bonds is 4. The number of aldehydes is 1. The van der Waals surface area contributed by atoms with Crippen LogP contribution in [0.3, 0.4) is 0 Å². The van der Waals surface area contributed by atoms with Gasteiger partial charge in [0.25, 0.3) is 0 Å². The molecule has 2 rings (SSSR count). The van der Waals surface area contributed by atoms with Crippen LogP contribution in [0.5, 0.6) is 5.75 Å². The summed E-state index contributed by atoms with van der Waals surface area (Å²) in [5.41, 5.74) is 0.599. The Kier molecular flexibility index (Phi) is 3.83. The fraction of sp³-hybridized carbons (Fsp3) is 0.214. The van der Waals surface area contributed by atoms with Gasteiger partial charge in [-0.25, -0.2) is 0 Å². The Labute approximate surface area is 113 Å². The van der Waals surface area contributed by atoms with Gasteiger partial charge < -0.3 is 9.15 Å². The zero-order valence-electron chi connectivity index (χ0n) is 10.5. The maximum absolute atomic E-state index is 12.2. The Hall–Kier alpha value is -2.24. The molecule has 0 aliphatic rings. The third kappa shape index (κ3) is 3.40. The van der Waals surface area contributed by atoms with Gasteiger partial charge in [0.15, 0.2) is 12.9 Å². The molecular formula is C14H11F3O3. The van der Waals surface area contributed by atoms with E-state index in [0.717, 1.165) is 0 Å². The SMILES string of the molecule is Cc1ccc(-c2ccc(C=O)c(OCC(F)(F)F)c2)o1. The summed E-state index contributed by atoms with van der Waals surface area (Å²) in [4.78, 5) is 10.8. The first-order valence-corrected chi connectivity index (χ1v) is 5.74. The fourth-order valence-corrected chi connectivity index (χ4v) is 1.66. The highest BCUT2D eigenvalue weighted by Crippen LogP contribution is 2.29. The molecule has 0 spiro atoms. The number of ether oxygens (including phenoxy) is 1. The van der Waals surface area contributed by atoms with E-state index in [0.29, 0.717) is 23.4 Å². The van der Waals surface area contributed by atoms with E-state index in [-0.39, 0.29) is 11.3 Å². The Bertz CT molecular complexity index is 614. The minimum Gasteiger partial charge on any atom is -0.483 e. The van der Waals surface area contributed by atoms with Gasteiger partial charge in [0.2, 0.25) is 0 Å². The molecule has 6 heteroatoms. The van der Waals surface area contributed by atoms with Crippen molar-refractivity contribution in [2.45, 2.75) is 13.1 Å². The van der Waals surface area contributed by atoms with Crippen molar-refractivity contribution in [1.82, 2.24) is 0 Å². The lowest BCUT2D eigenvalue weighted by atomic mass is 10.1. The smallest absolute Gasteiger partial charge is 0.422 e. The first kappa shape index (κ1) is 14.2.